The molecule has 2 atom stereocenters. The zero-order chi connectivity index (χ0) is 36.2. The zero-order valence-corrected chi connectivity index (χ0v) is 31.5. The molecular weight excluding hydrogens is 656 g/mol. The van der Waals surface area contributed by atoms with Gasteiger partial charge >= 0.3 is 0 Å². The topological polar surface area (TPSA) is 71.1 Å². The Kier molecular flexibility index (Phi) is 11.1. The summed E-state index contributed by atoms with van der Waals surface area (Å²) in [6.45, 7) is 5.92. The highest BCUT2D eigenvalue weighted by molar-refractivity contribution is 5.64. The van der Waals surface area contributed by atoms with Gasteiger partial charge in [-0.05, 0) is 130 Å². The van der Waals surface area contributed by atoms with E-state index in [1.807, 2.05) is 13.0 Å². The predicted octanol–water partition coefficient (Wildman–Crippen LogP) is 8.35. The van der Waals surface area contributed by atoms with Gasteiger partial charge in [-0.25, -0.2) is 0 Å². The molecule has 9 heteroatoms. The quantitative estimate of drug-likeness (QED) is 0.151. The SMILES string of the molecule is CCOCCCCOc1ccc2cc1Oc1ccc(cc1)C[C@H]1c3cc(c(OC)cc3CCN1C)Oc1c(OC)c(OC)cc3c1[C@@H](C2)N(C)CC3. The highest BCUT2D eigenvalue weighted by Crippen LogP contribution is 2.52. The van der Waals surface area contributed by atoms with Crippen LogP contribution < -0.4 is 28.4 Å². The third-order valence-electron chi connectivity index (χ3n) is 10.8. The first-order chi connectivity index (χ1) is 25.4. The van der Waals surface area contributed by atoms with Crippen LogP contribution in [0.4, 0.5) is 0 Å². The van der Waals surface area contributed by atoms with E-state index in [2.05, 4.69) is 78.5 Å². The number of unbranched alkanes of at least 4 members (excludes halogenated alkanes) is 1. The summed E-state index contributed by atoms with van der Waals surface area (Å²) in [4.78, 5) is 4.83. The standard InChI is InChI=1S/C43H52N2O7/c1-7-49-20-8-9-21-50-36-15-12-29-23-35-41-31(17-19-45(35)3)26-40(47-5)42(48-6)43(41)52-39-27-33-30(25-37(39)46-4)16-18-44(2)34(33)22-28-10-13-32(14-11-28)51-38(36)24-29/h10-15,24-27,34-35H,7-9,16-23H2,1-6H3/t34-,35+/m0/s1. The van der Waals surface area contributed by atoms with E-state index in [4.69, 9.17) is 33.2 Å². The van der Waals surface area contributed by atoms with Crippen LogP contribution in [0.3, 0.4) is 0 Å². The first-order valence-corrected chi connectivity index (χ1v) is 18.6. The van der Waals surface area contributed by atoms with Gasteiger partial charge in [0.05, 0.1) is 27.9 Å². The number of fused-ring (bicyclic) bond motifs is 2. The third kappa shape index (κ3) is 7.40. The molecule has 276 valence electrons. The van der Waals surface area contributed by atoms with Gasteiger partial charge in [0, 0.05) is 44.0 Å². The first-order valence-electron chi connectivity index (χ1n) is 18.6. The average molecular weight is 709 g/mol. The molecule has 0 saturated heterocycles. The van der Waals surface area contributed by atoms with Crippen LogP contribution in [-0.4, -0.2) is 78.1 Å². The number of methoxy groups -OCH3 is 3. The average Bonchev–Trinajstić information content (AvgIpc) is 3.16. The van der Waals surface area contributed by atoms with Crippen LogP contribution in [0, 0.1) is 0 Å². The lowest BCUT2D eigenvalue weighted by Gasteiger charge is -2.37. The number of hydrogen-bond donors (Lipinski definition) is 0. The molecule has 4 aromatic rings. The molecule has 9 nitrogen and oxygen atoms in total. The highest BCUT2D eigenvalue weighted by Gasteiger charge is 2.34. The van der Waals surface area contributed by atoms with E-state index in [-0.39, 0.29) is 12.1 Å². The highest BCUT2D eigenvalue weighted by atomic mass is 16.5. The molecule has 4 aromatic carbocycles. The molecule has 8 rings (SSSR count). The summed E-state index contributed by atoms with van der Waals surface area (Å²) in [6.07, 6.45) is 5.19. The predicted molar refractivity (Wildman–Crippen MR) is 202 cm³/mol. The van der Waals surface area contributed by atoms with Crippen LogP contribution in [0.25, 0.3) is 0 Å². The van der Waals surface area contributed by atoms with Crippen LogP contribution in [0.2, 0.25) is 0 Å². The normalized spacial score (nSPS) is 18.3. The van der Waals surface area contributed by atoms with Crippen molar-refractivity contribution in [2.24, 2.45) is 0 Å². The Hall–Kier alpha value is -4.44. The lowest BCUT2D eigenvalue weighted by Crippen LogP contribution is -2.34. The molecule has 52 heavy (non-hydrogen) atoms. The molecule has 6 bridgehead atoms. The summed E-state index contributed by atoms with van der Waals surface area (Å²) in [5.74, 6) is 5.46. The van der Waals surface area contributed by atoms with Crippen LogP contribution in [-0.2, 0) is 30.4 Å². The molecule has 0 amide bonds. The van der Waals surface area contributed by atoms with Crippen LogP contribution in [0.15, 0.2) is 60.7 Å². The molecule has 0 aromatic heterocycles. The van der Waals surface area contributed by atoms with Gasteiger partial charge in [0.2, 0.25) is 5.75 Å². The molecule has 0 fully saturated rings. The van der Waals surface area contributed by atoms with Gasteiger partial charge in [-0.1, -0.05) is 18.2 Å². The van der Waals surface area contributed by atoms with Crippen molar-refractivity contribution in [2.45, 2.75) is 57.5 Å². The van der Waals surface area contributed by atoms with Crippen molar-refractivity contribution in [3.05, 3.63) is 94.0 Å². The van der Waals surface area contributed by atoms with Crippen molar-refractivity contribution in [2.75, 3.05) is 68.3 Å². The molecule has 0 spiro atoms. The number of ether oxygens (including phenoxy) is 7. The fourth-order valence-corrected chi connectivity index (χ4v) is 7.86. The Morgan fingerprint density at radius 2 is 1.35 bits per heavy atom. The fraction of sp³-hybridized carbons (Fsp3) is 0.442. The number of likely N-dealkylation sites (N-methyl/N-ethyl adjacent to an activating group) is 2. The molecule has 4 aliphatic heterocycles. The maximum absolute atomic E-state index is 7.08. The number of benzene rings is 4. The fourth-order valence-electron chi connectivity index (χ4n) is 7.86. The summed E-state index contributed by atoms with van der Waals surface area (Å²) < 4.78 is 43.6. The van der Waals surface area contributed by atoms with E-state index < -0.39 is 0 Å². The smallest absolute Gasteiger partial charge is 0.204 e. The second kappa shape index (κ2) is 16.1. The van der Waals surface area contributed by atoms with E-state index in [1.54, 1.807) is 21.3 Å². The Morgan fingerprint density at radius 3 is 2.10 bits per heavy atom. The monoisotopic (exact) mass is 708 g/mol. The molecule has 4 aliphatic rings. The van der Waals surface area contributed by atoms with E-state index >= 15 is 0 Å². The molecular formula is C43H52N2O7. The molecule has 0 N–H and O–H groups in total. The summed E-state index contributed by atoms with van der Waals surface area (Å²) in [7, 11) is 9.45. The van der Waals surface area contributed by atoms with E-state index in [1.165, 1.54) is 22.3 Å². The lowest BCUT2D eigenvalue weighted by molar-refractivity contribution is 0.138. The van der Waals surface area contributed by atoms with Crippen molar-refractivity contribution in [3.8, 4) is 46.0 Å². The second-order valence-corrected chi connectivity index (χ2v) is 14.0. The second-order valence-electron chi connectivity index (χ2n) is 14.0. The van der Waals surface area contributed by atoms with Gasteiger partial charge in [-0.3, -0.25) is 9.80 Å². The van der Waals surface area contributed by atoms with Gasteiger partial charge < -0.3 is 33.2 Å². The van der Waals surface area contributed by atoms with E-state index in [0.29, 0.717) is 47.5 Å². The summed E-state index contributed by atoms with van der Waals surface area (Å²) >= 11 is 0. The number of nitrogens with zero attached hydrogens (tertiary/aromatic N) is 2. The van der Waals surface area contributed by atoms with E-state index in [0.717, 1.165) is 81.0 Å². The Morgan fingerprint density at radius 1 is 0.673 bits per heavy atom. The van der Waals surface area contributed by atoms with E-state index in [9.17, 15) is 0 Å². The van der Waals surface area contributed by atoms with Crippen molar-refractivity contribution in [1.29, 1.82) is 0 Å². The Labute approximate surface area is 308 Å². The van der Waals surface area contributed by atoms with Gasteiger partial charge in [0.1, 0.15) is 5.75 Å². The van der Waals surface area contributed by atoms with Gasteiger partial charge in [0.25, 0.3) is 0 Å². The van der Waals surface area contributed by atoms with Crippen molar-refractivity contribution >= 4 is 0 Å². The van der Waals surface area contributed by atoms with Crippen molar-refractivity contribution in [3.63, 3.8) is 0 Å². The number of hydrogen-bond acceptors (Lipinski definition) is 9. The van der Waals surface area contributed by atoms with Gasteiger partial charge in [0.15, 0.2) is 34.5 Å². The maximum Gasteiger partial charge on any atom is 0.204 e. The maximum atomic E-state index is 7.08. The zero-order valence-electron chi connectivity index (χ0n) is 31.5. The van der Waals surface area contributed by atoms with Crippen LogP contribution >= 0.6 is 0 Å². The van der Waals surface area contributed by atoms with Gasteiger partial charge in [-0.2, -0.15) is 0 Å². The van der Waals surface area contributed by atoms with Crippen LogP contribution in [0.5, 0.6) is 46.0 Å². The minimum absolute atomic E-state index is 0.0163. The van der Waals surface area contributed by atoms with Gasteiger partial charge in [-0.15, -0.1) is 0 Å². The van der Waals surface area contributed by atoms with Crippen LogP contribution in [0.1, 0.15) is 65.2 Å². The molecule has 4 heterocycles. The summed E-state index contributed by atoms with van der Waals surface area (Å²) in [5, 5.41) is 0. The summed E-state index contributed by atoms with van der Waals surface area (Å²) in [5.41, 5.74) is 7.15. The molecule has 0 radical (unpaired) electrons. The van der Waals surface area contributed by atoms with Crippen molar-refractivity contribution in [1.82, 2.24) is 9.80 Å². The minimum atomic E-state index is -0.0163. The Balaban J connectivity index is 1.37. The summed E-state index contributed by atoms with van der Waals surface area (Å²) in [6, 6.07) is 21.4. The van der Waals surface area contributed by atoms with Crippen molar-refractivity contribution < 1.29 is 33.2 Å². The molecule has 0 unspecified atom stereocenters. The number of rotatable bonds is 10. The Bertz CT molecular complexity index is 1860. The first kappa shape index (κ1) is 35.9. The molecule has 0 saturated carbocycles. The minimum Gasteiger partial charge on any atom is -0.493 e. The lowest BCUT2D eigenvalue weighted by atomic mass is 9.87. The molecule has 0 aliphatic carbocycles. The third-order valence-corrected chi connectivity index (χ3v) is 10.8. The largest absolute Gasteiger partial charge is 0.493 e.